The summed E-state index contributed by atoms with van der Waals surface area (Å²) in [6.45, 7) is 0.714. The number of carbonyl (C=O) groups excluding carboxylic acids is 1. The van der Waals surface area contributed by atoms with Gasteiger partial charge in [0.25, 0.3) is 0 Å². The quantitative estimate of drug-likeness (QED) is 0.769. The van der Waals surface area contributed by atoms with Gasteiger partial charge in [0.05, 0.1) is 11.9 Å². The molecule has 4 rings (SSSR count). The zero-order valence-corrected chi connectivity index (χ0v) is 13.6. The van der Waals surface area contributed by atoms with E-state index in [-0.39, 0.29) is 17.8 Å². The molecule has 7 heteroatoms. The van der Waals surface area contributed by atoms with Crippen LogP contribution in [0.5, 0.6) is 0 Å². The fraction of sp³-hybridized carbons (Fsp3) is 0.278. The molecular formula is C18H18FN5O. The topological polar surface area (TPSA) is 71.3 Å². The van der Waals surface area contributed by atoms with E-state index < -0.39 is 0 Å². The molecule has 1 aliphatic heterocycles. The lowest BCUT2D eigenvalue weighted by molar-refractivity contribution is -0.121. The lowest BCUT2D eigenvalue weighted by Crippen LogP contribution is -2.38. The Morgan fingerprint density at radius 2 is 2.04 bits per heavy atom. The number of anilines is 1. The van der Waals surface area contributed by atoms with Gasteiger partial charge in [-0.25, -0.2) is 9.37 Å². The Labute approximate surface area is 144 Å². The molecule has 0 spiro atoms. The Kier molecular flexibility index (Phi) is 4.05. The van der Waals surface area contributed by atoms with E-state index in [4.69, 9.17) is 0 Å². The van der Waals surface area contributed by atoms with E-state index in [1.807, 2.05) is 6.07 Å². The van der Waals surface area contributed by atoms with Gasteiger partial charge in [-0.05, 0) is 43.5 Å². The summed E-state index contributed by atoms with van der Waals surface area (Å²) in [6.07, 6.45) is 4.39. The third-order valence-electron chi connectivity index (χ3n) is 4.36. The third-order valence-corrected chi connectivity index (χ3v) is 4.36. The largest absolute Gasteiger partial charge is 0.358 e. The van der Waals surface area contributed by atoms with Gasteiger partial charge >= 0.3 is 0 Å². The predicted molar refractivity (Wildman–Crippen MR) is 92.7 cm³/mol. The van der Waals surface area contributed by atoms with Crippen molar-refractivity contribution in [2.75, 3.05) is 11.9 Å². The van der Waals surface area contributed by atoms with Gasteiger partial charge in [-0.2, -0.15) is 9.61 Å². The van der Waals surface area contributed by atoms with Crippen LogP contribution in [0.1, 0.15) is 19.3 Å². The zero-order chi connectivity index (χ0) is 17.2. The Morgan fingerprint density at radius 1 is 1.20 bits per heavy atom. The molecule has 6 nitrogen and oxygen atoms in total. The fourth-order valence-electron chi connectivity index (χ4n) is 3.04. The zero-order valence-electron chi connectivity index (χ0n) is 13.6. The van der Waals surface area contributed by atoms with E-state index >= 15 is 0 Å². The summed E-state index contributed by atoms with van der Waals surface area (Å²) < 4.78 is 14.9. The maximum absolute atomic E-state index is 13.2. The van der Waals surface area contributed by atoms with Crippen molar-refractivity contribution < 1.29 is 9.18 Å². The molecule has 1 atom stereocenters. The second kappa shape index (κ2) is 6.51. The second-order valence-corrected chi connectivity index (χ2v) is 6.12. The van der Waals surface area contributed by atoms with Crippen LogP contribution in [0.15, 0.2) is 42.6 Å². The molecule has 1 amide bonds. The van der Waals surface area contributed by atoms with Gasteiger partial charge in [0, 0.05) is 24.2 Å². The first-order valence-corrected chi connectivity index (χ1v) is 8.36. The van der Waals surface area contributed by atoms with Crippen LogP contribution in [0.25, 0.3) is 16.9 Å². The van der Waals surface area contributed by atoms with Gasteiger partial charge in [0.15, 0.2) is 5.65 Å². The van der Waals surface area contributed by atoms with E-state index in [0.29, 0.717) is 23.7 Å². The first-order valence-electron chi connectivity index (χ1n) is 8.36. The van der Waals surface area contributed by atoms with Crippen molar-refractivity contribution >= 4 is 17.4 Å². The molecule has 2 aromatic heterocycles. The minimum absolute atomic E-state index is 0.00190. The molecular weight excluding hydrogens is 321 g/mol. The van der Waals surface area contributed by atoms with Crippen molar-refractivity contribution in [2.45, 2.75) is 25.3 Å². The van der Waals surface area contributed by atoms with Gasteiger partial charge in [-0.15, -0.1) is 0 Å². The van der Waals surface area contributed by atoms with E-state index in [0.717, 1.165) is 24.8 Å². The average Bonchev–Trinajstić information content (AvgIpc) is 3.00. The van der Waals surface area contributed by atoms with Crippen molar-refractivity contribution in [1.29, 1.82) is 0 Å². The van der Waals surface area contributed by atoms with Crippen LogP contribution in [0.4, 0.5) is 10.2 Å². The molecule has 3 aromatic rings. The summed E-state index contributed by atoms with van der Waals surface area (Å²) in [4.78, 5) is 16.8. The highest BCUT2D eigenvalue weighted by Crippen LogP contribution is 2.23. The van der Waals surface area contributed by atoms with E-state index in [9.17, 15) is 9.18 Å². The Balaban J connectivity index is 1.73. The van der Waals surface area contributed by atoms with Crippen molar-refractivity contribution in [2.24, 2.45) is 0 Å². The van der Waals surface area contributed by atoms with Crippen molar-refractivity contribution in [1.82, 2.24) is 19.9 Å². The van der Waals surface area contributed by atoms with E-state index in [1.54, 1.807) is 28.9 Å². The van der Waals surface area contributed by atoms with E-state index in [2.05, 4.69) is 20.7 Å². The number of hydrogen-bond acceptors (Lipinski definition) is 4. The molecule has 0 radical (unpaired) electrons. The van der Waals surface area contributed by atoms with Crippen molar-refractivity contribution in [3.05, 3.63) is 48.4 Å². The lowest BCUT2D eigenvalue weighted by atomic mass is 10.1. The first-order chi connectivity index (χ1) is 12.2. The SMILES string of the molecule is O=C1NCCCC[C@@H]1Nc1cc(-c2ccc(F)cc2)nc2ccnn12. The van der Waals surface area contributed by atoms with Gasteiger partial charge < -0.3 is 10.6 Å². The second-order valence-electron chi connectivity index (χ2n) is 6.12. The number of benzene rings is 1. The Morgan fingerprint density at radius 3 is 2.88 bits per heavy atom. The van der Waals surface area contributed by atoms with Crippen LogP contribution in [-0.2, 0) is 4.79 Å². The highest BCUT2D eigenvalue weighted by atomic mass is 19.1. The summed E-state index contributed by atoms with van der Waals surface area (Å²) in [6, 6.07) is 9.52. The molecule has 3 heterocycles. The number of nitrogens with zero attached hydrogens (tertiary/aromatic N) is 3. The molecule has 1 aliphatic rings. The molecule has 0 aliphatic carbocycles. The fourth-order valence-corrected chi connectivity index (χ4v) is 3.04. The summed E-state index contributed by atoms with van der Waals surface area (Å²) in [7, 11) is 0. The normalized spacial score (nSPS) is 18.0. The van der Waals surface area contributed by atoms with Crippen molar-refractivity contribution in [3.63, 3.8) is 0 Å². The van der Waals surface area contributed by atoms with Crippen LogP contribution in [-0.4, -0.2) is 33.1 Å². The minimum atomic E-state index is -0.307. The van der Waals surface area contributed by atoms with Crippen LogP contribution in [0, 0.1) is 5.82 Å². The van der Waals surface area contributed by atoms with Crippen LogP contribution >= 0.6 is 0 Å². The molecule has 128 valence electrons. The maximum Gasteiger partial charge on any atom is 0.242 e. The first kappa shape index (κ1) is 15.6. The van der Waals surface area contributed by atoms with Crippen LogP contribution in [0.3, 0.4) is 0 Å². The summed E-state index contributed by atoms with van der Waals surface area (Å²) in [5.74, 6) is 0.400. The lowest BCUT2D eigenvalue weighted by Gasteiger charge is -2.18. The third kappa shape index (κ3) is 3.17. The Hall–Kier alpha value is -2.96. The van der Waals surface area contributed by atoms with Crippen LogP contribution < -0.4 is 10.6 Å². The van der Waals surface area contributed by atoms with E-state index in [1.165, 1.54) is 12.1 Å². The molecule has 0 saturated carbocycles. The van der Waals surface area contributed by atoms with Crippen molar-refractivity contribution in [3.8, 4) is 11.3 Å². The molecule has 25 heavy (non-hydrogen) atoms. The molecule has 1 fully saturated rings. The maximum atomic E-state index is 13.2. The van der Waals surface area contributed by atoms with Gasteiger partial charge in [0.1, 0.15) is 17.7 Å². The number of rotatable bonds is 3. The number of carbonyl (C=O) groups is 1. The summed E-state index contributed by atoms with van der Waals surface area (Å²) >= 11 is 0. The number of hydrogen-bond donors (Lipinski definition) is 2. The number of fused-ring (bicyclic) bond motifs is 1. The molecule has 1 aromatic carbocycles. The monoisotopic (exact) mass is 339 g/mol. The average molecular weight is 339 g/mol. The van der Waals surface area contributed by atoms with Gasteiger partial charge in [-0.1, -0.05) is 0 Å². The Bertz CT molecular complexity index is 905. The number of halogens is 1. The van der Waals surface area contributed by atoms with Crippen LogP contribution in [0.2, 0.25) is 0 Å². The number of nitrogens with one attached hydrogen (secondary N) is 2. The molecule has 2 N–H and O–H groups in total. The predicted octanol–water partition coefficient (Wildman–Crippen LogP) is 2.62. The molecule has 0 unspecified atom stereocenters. The van der Waals surface area contributed by atoms with Gasteiger partial charge in [0.2, 0.25) is 5.91 Å². The number of aromatic nitrogens is 3. The standard InChI is InChI=1S/C18H18FN5O/c19-13-6-4-12(5-7-13)15-11-17(24-16(23-15)8-10-21-24)22-14-3-1-2-9-20-18(14)25/h4-8,10-11,14,22H,1-3,9H2,(H,20,25)/t14-/m0/s1. The summed E-state index contributed by atoms with van der Waals surface area (Å²) in [5.41, 5.74) is 2.17. The summed E-state index contributed by atoms with van der Waals surface area (Å²) in [5, 5.41) is 10.5. The highest BCUT2D eigenvalue weighted by molar-refractivity contribution is 5.85. The molecule has 1 saturated heterocycles. The highest BCUT2D eigenvalue weighted by Gasteiger charge is 2.22. The smallest absolute Gasteiger partial charge is 0.242 e. The minimum Gasteiger partial charge on any atom is -0.358 e. The number of amides is 1. The van der Waals surface area contributed by atoms with Gasteiger partial charge in [-0.3, -0.25) is 4.79 Å². The molecule has 0 bridgehead atoms.